The fourth-order valence-corrected chi connectivity index (χ4v) is 1.96. The SMILES string of the molecule is CC1(C)OC1c1ccc2c(c1)OCCO2. The van der Waals surface area contributed by atoms with Crippen molar-refractivity contribution in [3.05, 3.63) is 23.8 Å². The number of ether oxygens (including phenoxy) is 3. The van der Waals surface area contributed by atoms with Crippen LogP contribution >= 0.6 is 0 Å². The summed E-state index contributed by atoms with van der Waals surface area (Å²) >= 11 is 0. The lowest BCUT2D eigenvalue weighted by Gasteiger charge is -2.18. The van der Waals surface area contributed by atoms with Crippen molar-refractivity contribution in [1.29, 1.82) is 0 Å². The molecule has 3 heteroatoms. The van der Waals surface area contributed by atoms with Crippen molar-refractivity contribution in [2.24, 2.45) is 0 Å². The van der Waals surface area contributed by atoms with Crippen LogP contribution in [0.15, 0.2) is 18.2 Å². The zero-order valence-electron chi connectivity index (χ0n) is 8.95. The molecule has 0 saturated carbocycles. The van der Waals surface area contributed by atoms with Gasteiger partial charge in [-0.05, 0) is 31.5 Å². The van der Waals surface area contributed by atoms with Crippen molar-refractivity contribution >= 4 is 0 Å². The highest BCUT2D eigenvalue weighted by Gasteiger charge is 2.49. The van der Waals surface area contributed by atoms with Crippen LogP contribution in [0.25, 0.3) is 0 Å². The maximum absolute atomic E-state index is 5.59. The quantitative estimate of drug-likeness (QED) is 0.661. The van der Waals surface area contributed by atoms with E-state index in [9.17, 15) is 0 Å². The smallest absolute Gasteiger partial charge is 0.161 e. The van der Waals surface area contributed by atoms with E-state index in [2.05, 4.69) is 13.8 Å². The van der Waals surface area contributed by atoms with E-state index in [1.54, 1.807) is 0 Å². The highest BCUT2D eigenvalue weighted by molar-refractivity contribution is 5.45. The molecule has 2 heterocycles. The van der Waals surface area contributed by atoms with Gasteiger partial charge in [0.25, 0.3) is 0 Å². The van der Waals surface area contributed by atoms with Crippen LogP contribution in [0.1, 0.15) is 25.5 Å². The van der Waals surface area contributed by atoms with Gasteiger partial charge in [-0.1, -0.05) is 6.07 Å². The molecule has 3 nitrogen and oxygen atoms in total. The maximum Gasteiger partial charge on any atom is 0.161 e. The molecule has 0 aliphatic carbocycles. The molecule has 0 spiro atoms. The molecule has 0 N–H and O–H groups in total. The summed E-state index contributed by atoms with van der Waals surface area (Å²) < 4.78 is 16.6. The first-order chi connectivity index (χ1) is 7.17. The van der Waals surface area contributed by atoms with Gasteiger partial charge in [0.1, 0.15) is 19.3 Å². The van der Waals surface area contributed by atoms with Gasteiger partial charge in [0.05, 0.1) is 5.60 Å². The number of rotatable bonds is 1. The summed E-state index contributed by atoms with van der Waals surface area (Å²) in [5.41, 5.74) is 1.15. The molecule has 15 heavy (non-hydrogen) atoms. The number of hydrogen-bond donors (Lipinski definition) is 0. The summed E-state index contributed by atoms with van der Waals surface area (Å²) in [6, 6.07) is 6.03. The van der Waals surface area contributed by atoms with Crippen LogP contribution in [0.4, 0.5) is 0 Å². The molecule has 1 aromatic carbocycles. The van der Waals surface area contributed by atoms with Gasteiger partial charge in [0, 0.05) is 0 Å². The van der Waals surface area contributed by atoms with Crippen LogP contribution < -0.4 is 9.47 Å². The van der Waals surface area contributed by atoms with Crippen LogP contribution in [0.3, 0.4) is 0 Å². The van der Waals surface area contributed by atoms with Gasteiger partial charge in [-0.3, -0.25) is 0 Å². The molecule has 1 aromatic rings. The molecule has 1 atom stereocenters. The lowest BCUT2D eigenvalue weighted by Crippen LogP contribution is -2.15. The molecule has 0 bridgehead atoms. The van der Waals surface area contributed by atoms with Crippen molar-refractivity contribution in [2.75, 3.05) is 13.2 Å². The molecule has 0 aromatic heterocycles. The first-order valence-corrected chi connectivity index (χ1v) is 5.24. The minimum Gasteiger partial charge on any atom is -0.486 e. The highest BCUT2D eigenvalue weighted by Crippen LogP contribution is 2.50. The summed E-state index contributed by atoms with van der Waals surface area (Å²) in [5.74, 6) is 1.67. The fourth-order valence-electron chi connectivity index (χ4n) is 1.96. The second-order valence-electron chi connectivity index (χ2n) is 4.50. The summed E-state index contributed by atoms with van der Waals surface area (Å²) in [6.07, 6.45) is 0.202. The fraction of sp³-hybridized carbons (Fsp3) is 0.500. The predicted octanol–water partition coefficient (Wildman–Crippen LogP) is 2.31. The van der Waals surface area contributed by atoms with Crippen LogP contribution in [0, 0.1) is 0 Å². The molecule has 80 valence electrons. The van der Waals surface area contributed by atoms with Gasteiger partial charge in [-0.15, -0.1) is 0 Å². The lowest BCUT2D eigenvalue weighted by molar-refractivity contribution is 0.171. The summed E-state index contributed by atoms with van der Waals surface area (Å²) in [5, 5.41) is 0. The summed E-state index contributed by atoms with van der Waals surface area (Å²) in [4.78, 5) is 0. The first-order valence-electron chi connectivity index (χ1n) is 5.24. The minimum absolute atomic E-state index is 0.0240. The van der Waals surface area contributed by atoms with E-state index in [1.165, 1.54) is 5.56 Å². The Bertz CT molecular complexity index is 398. The second kappa shape index (κ2) is 2.89. The van der Waals surface area contributed by atoms with Crippen molar-refractivity contribution in [2.45, 2.75) is 25.6 Å². The Morgan fingerprint density at radius 1 is 1.13 bits per heavy atom. The van der Waals surface area contributed by atoms with Gasteiger partial charge >= 0.3 is 0 Å². The third-order valence-corrected chi connectivity index (χ3v) is 2.86. The molecule has 3 rings (SSSR count). The second-order valence-corrected chi connectivity index (χ2v) is 4.50. The largest absolute Gasteiger partial charge is 0.486 e. The summed E-state index contributed by atoms with van der Waals surface area (Å²) in [6.45, 7) is 5.45. The molecule has 0 amide bonds. The number of epoxide rings is 1. The number of fused-ring (bicyclic) bond motifs is 1. The first kappa shape index (κ1) is 9.04. The molecule has 2 aliphatic heterocycles. The van der Waals surface area contributed by atoms with Crippen LogP contribution in [0.5, 0.6) is 11.5 Å². The van der Waals surface area contributed by atoms with Crippen molar-refractivity contribution in [1.82, 2.24) is 0 Å². The van der Waals surface area contributed by atoms with Crippen LogP contribution in [0.2, 0.25) is 0 Å². The van der Waals surface area contributed by atoms with Gasteiger partial charge in [-0.2, -0.15) is 0 Å². The average Bonchev–Trinajstić information content (AvgIpc) is 2.87. The predicted molar refractivity (Wildman–Crippen MR) is 55.3 cm³/mol. The van der Waals surface area contributed by atoms with Gasteiger partial charge in [0.2, 0.25) is 0 Å². The molecule has 1 fully saturated rings. The van der Waals surface area contributed by atoms with Crippen LogP contribution in [-0.4, -0.2) is 18.8 Å². The molecular weight excluding hydrogens is 192 g/mol. The standard InChI is InChI=1S/C12H14O3/c1-12(2)11(15-12)8-3-4-9-10(7-8)14-6-5-13-9/h3-4,7,11H,5-6H2,1-2H3. The third-order valence-electron chi connectivity index (χ3n) is 2.86. The van der Waals surface area contributed by atoms with E-state index < -0.39 is 0 Å². The third kappa shape index (κ3) is 1.47. The molecular formula is C12H14O3. The number of hydrogen-bond acceptors (Lipinski definition) is 3. The van der Waals surface area contributed by atoms with E-state index in [0.29, 0.717) is 13.2 Å². The minimum atomic E-state index is -0.0240. The Morgan fingerprint density at radius 2 is 1.80 bits per heavy atom. The maximum atomic E-state index is 5.59. The Kier molecular flexibility index (Phi) is 1.74. The van der Waals surface area contributed by atoms with E-state index in [4.69, 9.17) is 14.2 Å². The van der Waals surface area contributed by atoms with Crippen molar-refractivity contribution in [3.63, 3.8) is 0 Å². The summed E-state index contributed by atoms with van der Waals surface area (Å²) in [7, 11) is 0. The highest BCUT2D eigenvalue weighted by atomic mass is 16.6. The van der Waals surface area contributed by atoms with Gasteiger partial charge < -0.3 is 14.2 Å². The Balaban J connectivity index is 1.92. The van der Waals surface area contributed by atoms with E-state index in [0.717, 1.165) is 11.5 Å². The van der Waals surface area contributed by atoms with E-state index in [-0.39, 0.29) is 11.7 Å². The molecule has 2 aliphatic rings. The molecule has 1 unspecified atom stereocenters. The number of benzene rings is 1. The monoisotopic (exact) mass is 206 g/mol. The Hall–Kier alpha value is -1.22. The van der Waals surface area contributed by atoms with E-state index in [1.807, 2.05) is 18.2 Å². The lowest BCUT2D eigenvalue weighted by atomic mass is 10.0. The van der Waals surface area contributed by atoms with Crippen molar-refractivity contribution in [3.8, 4) is 11.5 Å². The van der Waals surface area contributed by atoms with Crippen LogP contribution in [-0.2, 0) is 4.74 Å². The zero-order valence-corrected chi connectivity index (χ0v) is 8.95. The van der Waals surface area contributed by atoms with Crippen molar-refractivity contribution < 1.29 is 14.2 Å². The van der Waals surface area contributed by atoms with Gasteiger partial charge in [-0.25, -0.2) is 0 Å². The average molecular weight is 206 g/mol. The molecule has 0 radical (unpaired) electrons. The zero-order chi connectivity index (χ0) is 10.5. The Morgan fingerprint density at radius 3 is 2.47 bits per heavy atom. The molecule has 1 saturated heterocycles. The topological polar surface area (TPSA) is 31.0 Å². The Labute approximate surface area is 89.0 Å². The van der Waals surface area contributed by atoms with Gasteiger partial charge in [0.15, 0.2) is 11.5 Å². The van der Waals surface area contributed by atoms with E-state index >= 15 is 0 Å². The normalized spacial score (nSPS) is 26.1.